The predicted molar refractivity (Wildman–Crippen MR) is 51.6 cm³/mol. The lowest BCUT2D eigenvalue weighted by atomic mass is 10.1. The first-order chi connectivity index (χ1) is 6.79. The Morgan fingerprint density at radius 1 is 1.36 bits per heavy atom. The number of nitrogens with one attached hydrogen (secondary N) is 1. The quantitative estimate of drug-likeness (QED) is 0.760. The average Bonchev–Trinajstić information content (AvgIpc) is 3.02. The Hall–Kier alpha value is -1.82. The van der Waals surface area contributed by atoms with Gasteiger partial charge < -0.3 is 5.32 Å². The molecule has 1 saturated carbocycles. The van der Waals surface area contributed by atoms with Gasteiger partial charge in [-0.15, -0.1) is 0 Å². The van der Waals surface area contributed by atoms with Gasteiger partial charge in [0.05, 0.1) is 11.6 Å². The van der Waals surface area contributed by atoms with E-state index >= 15 is 0 Å². The van der Waals surface area contributed by atoms with Gasteiger partial charge in [0.2, 0.25) is 0 Å². The summed E-state index contributed by atoms with van der Waals surface area (Å²) in [5.74, 6) is -0.0445. The van der Waals surface area contributed by atoms with Crippen molar-refractivity contribution in [2.45, 2.75) is 18.9 Å². The molecule has 2 rings (SSSR count). The maximum Gasteiger partial charge on any atom is 0.251 e. The van der Waals surface area contributed by atoms with Gasteiger partial charge in [-0.2, -0.15) is 5.26 Å². The second kappa shape index (κ2) is 3.51. The molecule has 1 N–H and O–H groups in total. The van der Waals surface area contributed by atoms with Gasteiger partial charge in [-0.1, -0.05) is 0 Å². The van der Waals surface area contributed by atoms with E-state index < -0.39 is 0 Å². The maximum absolute atomic E-state index is 11.5. The van der Waals surface area contributed by atoms with Gasteiger partial charge in [-0.05, 0) is 37.1 Å². The van der Waals surface area contributed by atoms with E-state index in [-0.39, 0.29) is 5.91 Å². The lowest BCUT2D eigenvalue weighted by Crippen LogP contribution is -2.25. The first kappa shape index (κ1) is 8.76. The normalized spacial score (nSPS) is 14.5. The molecular weight excluding hydrogens is 176 g/mol. The fourth-order valence-electron chi connectivity index (χ4n) is 1.19. The van der Waals surface area contributed by atoms with E-state index in [0.29, 0.717) is 17.2 Å². The fourth-order valence-corrected chi connectivity index (χ4v) is 1.19. The number of benzene rings is 1. The number of hydrogen-bond acceptors (Lipinski definition) is 2. The lowest BCUT2D eigenvalue weighted by molar-refractivity contribution is 0.0951. The smallest absolute Gasteiger partial charge is 0.251 e. The summed E-state index contributed by atoms with van der Waals surface area (Å²) in [6, 6.07) is 9.05. The van der Waals surface area contributed by atoms with E-state index in [9.17, 15) is 4.79 Å². The Kier molecular flexibility index (Phi) is 2.19. The van der Waals surface area contributed by atoms with Crippen LogP contribution >= 0.6 is 0 Å². The molecule has 1 fully saturated rings. The molecule has 0 bridgehead atoms. The van der Waals surface area contributed by atoms with Gasteiger partial charge in [0.25, 0.3) is 5.91 Å². The maximum atomic E-state index is 11.5. The second-order valence-corrected chi connectivity index (χ2v) is 3.44. The van der Waals surface area contributed by atoms with Crippen molar-refractivity contribution in [1.29, 1.82) is 5.26 Å². The van der Waals surface area contributed by atoms with Crippen molar-refractivity contribution in [3.05, 3.63) is 35.4 Å². The molecule has 0 unspecified atom stereocenters. The standard InChI is InChI=1S/C11H10N2O/c12-7-8-1-3-9(4-2-8)11(14)13-10-5-6-10/h1-4,10H,5-6H2,(H,13,14). The summed E-state index contributed by atoms with van der Waals surface area (Å²) in [6.07, 6.45) is 2.17. The summed E-state index contributed by atoms with van der Waals surface area (Å²) < 4.78 is 0. The molecule has 0 saturated heterocycles. The highest BCUT2D eigenvalue weighted by Gasteiger charge is 2.23. The fraction of sp³-hybridized carbons (Fsp3) is 0.273. The van der Waals surface area contributed by atoms with Crippen molar-refractivity contribution < 1.29 is 4.79 Å². The molecule has 1 aromatic rings. The molecule has 3 nitrogen and oxygen atoms in total. The van der Waals surface area contributed by atoms with Gasteiger partial charge in [0, 0.05) is 11.6 Å². The minimum atomic E-state index is -0.0445. The van der Waals surface area contributed by atoms with Crippen molar-refractivity contribution in [2.75, 3.05) is 0 Å². The second-order valence-electron chi connectivity index (χ2n) is 3.44. The Labute approximate surface area is 82.4 Å². The third kappa shape index (κ3) is 1.91. The van der Waals surface area contributed by atoms with Gasteiger partial charge in [0.15, 0.2) is 0 Å². The summed E-state index contributed by atoms with van der Waals surface area (Å²) in [5.41, 5.74) is 1.20. The van der Waals surface area contributed by atoms with E-state index in [1.165, 1.54) is 0 Å². The van der Waals surface area contributed by atoms with Crippen LogP contribution in [0.5, 0.6) is 0 Å². The van der Waals surface area contributed by atoms with Crippen LogP contribution in [0.25, 0.3) is 0 Å². The monoisotopic (exact) mass is 186 g/mol. The zero-order valence-corrected chi connectivity index (χ0v) is 7.66. The van der Waals surface area contributed by atoms with E-state index in [0.717, 1.165) is 12.8 Å². The third-order valence-electron chi connectivity index (χ3n) is 2.19. The van der Waals surface area contributed by atoms with Crippen LogP contribution in [0.4, 0.5) is 0 Å². The van der Waals surface area contributed by atoms with Crippen LogP contribution in [0.1, 0.15) is 28.8 Å². The molecule has 1 aromatic carbocycles. The molecule has 0 atom stereocenters. The molecule has 0 heterocycles. The van der Waals surface area contributed by atoms with Crippen molar-refractivity contribution in [3.63, 3.8) is 0 Å². The number of carbonyl (C=O) groups excluding carboxylic acids is 1. The number of nitriles is 1. The first-order valence-electron chi connectivity index (χ1n) is 4.60. The average molecular weight is 186 g/mol. The van der Waals surface area contributed by atoms with Crippen molar-refractivity contribution in [2.24, 2.45) is 0 Å². The van der Waals surface area contributed by atoms with Crippen LogP contribution in [0.15, 0.2) is 24.3 Å². The zero-order chi connectivity index (χ0) is 9.97. The predicted octanol–water partition coefficient (Wildman–Crippen LogP) is 1.45. The van der Waals surface area contributed by atoms with Crippen LogP contribution in [-0.4, -0.2) is 11.9 Å². The number of nitrogens with zero attached hydrogens (tertiary/aromatic N) is 1. The Bertz CT molecular complexity index is 385. The number of carbonyl (C=O) groups is 1. The van der Waals surface area contributed by atoms with Crippen molar-refractivity contribution >= 4 is 5.91 Å². The Morgan fingerprint density at radius 3 is 2.50 bits per heavy atom. The molecule has 1 amide bonds. The van der Waals surface area contributed by atoms with Gasteiger partial charge >= 0.3 is 0 Å². The molecule has 14 heavy (non-hydrogen) atoms. The molecule has 0 spiro atoms. The summed E-state index contributed by atoms with van der Waals surface area (Å²) in [5, 5.41) is 11.5. The van der Waals surface area contributed by atoms with Crippen LogP contribution in [0, 0.1) is 11.3 Å². The third-order valence-corrected chi connectivity index (χ3v) is 2.19. The number of hydrogen-bond donors (Lipinski definition) is 1. The van der Waals surface area contributed by atoms with E-state index in [2.05, 4.69) is 5.32 Å². The highest BCUT2D eigenvalue weighted by Crippen LogP contribution is 2.19. The zero-order valence-electron chi connectivity index (χ0n) is 7.66. The minimum Gasteiger partial charge on any atom is -0.349 e. The van der Waals surface area contributed by atoms with Gasteiger partial charge in [-0.3, -0.25) is 4.79 Å². The summed E-state index contributed by atoms with van der Waals surface area (Å²) in [6.45, 7) is 0. The molecule has 3 heteroatoms. The summed E-state index contributed by atoms with van der Waals surface area (Å²) in [7, 11) is 0. The molecule has 1 aliphatic carbocycles. The van der Waals surface area contributed by atoms with Crippen LogP contribution < -0.4 is 5.32 Å². The molecule has 0 aromatic heterocycles. The highest BCUT2D eigenvalue weighted by atomic mass is 16.1. The largest absolute Gasteiger partial charge is 0.349 e. The van der Waals surface area contributed by atoms with Crippen LogP contribution in [-0.2, 0) is 0 Å². The van der Waals surface area contributed by atoms with Gasteiger partial charge in [-0.25, -0.2) is 0 Å². The molecule has 0 radical (unpaired) electrons. The van der Waals surface area contributed by atoms with E-state index in [4.69, 9.17) is 5.26 Å². The SMILES string of the molecule is N#Cc1ccc(C(=O)NC2CC2)cc1. The van der Waals surface area contributed by atoms with Crippen molar-refractivity contribution in [3.8, 4) is 6.07 Å². The lowest BCUT2D eigenvalue weighted by Gasteiger charge is -2.02. The topological polar surface area (TPSA) is 52.9 Å². The summed E-state index contributed by atoms with van der Waals surface area (Å²) in [4.78, 5) is 11.5. The van der Waals surface area contributed by atoms with Crippen LogP contribution in [0.3, 0.4) is 0 Å². The molecule has 0 aliphatic heterocycles. The molecular formula is C11H10N2O. The van der Waals surface area contributed by atoms with Crippen LogP contribution in [0.2, 0.25) is 0 Å². The molecule has 1 aliphatic rings. The Morgan fingerprint density at radius 2 is 2.00 bits per heavy atom. The Balaban J connectivity index is 2.08. The minimum absolute atomic E-state index is 0.0445. The molecule has 70 valence electrons. The summed E-state index contributed by atoms with van der Waals surface area (Å²) >= 11 is 0. The van der Waals surface area contributed by atoms with Crippen molar-refractivity contribution in [1.82, 2.24) is 5.32 Å². The van der Waals surface area contributed by atoms with E-state index in [1.807, 2.05) is 6.07 Å². The van der Waals surface area contributed by atoms with Gasteiger partial charge in [0.1, 0.15) is 0 Å². The highest BCUT2D eigenvalue weighted by molar-refractivity contribution is 5.94. The number of rotatable bonds is 2. The van der Waals surface area contributed by atoms with E-state index in [1.54, 1.807) is 24.3 Å². The first-order valence-corrected chi connectivity index (χ1v) is 4.60. The number of amides is 1.